The fourth-order valence-corrected chi connectivity index (χ4v) is 6.17. The van der Waals surface area contributed by atoms with Crippen LogP contribution in [0.4, 0.5) is 4.39 Å². The number of likely N-dealkylation sites (tertiary alicyclic amines) is 1. The van der Waals surface area contributed by atoms with Crippen molar-refractivity contribution in [2.45, 2.75) is 38.8 Å². The fourth-order valence-electron chi connectivity index (χ4n) is 4.97. The van der Waals surface area contributed by atoms with Crippen LogP contribution in [0.2, 0.25) is 0 Å². The lowest BCUT2D eigenvalue weighted by molar-refractivity contribution is 0.0741. The Morgan fingerprint density at radius 2 is 1.69 bits per heavy atom. The lowest BCUT2D eigenvalue weighted by atomic mass is 10.0. The first-order valence-corrected chi connectivity index (χ1v) is 14.3. The van der Waals surface area contributed by atoms with Gasteiger partial charge in [0.25, 0.3) is 5.91 Å². The summed E-state index contributed by atoms with van der Waals surface area (Å²) in [5, 5.41) is 0.719. The van der Waals surface area contributed by atoms with E-state index in [9.17, 15) is 17.6 Å². The second-order valence-electron chi connectivity index (χ2n) is 9.86. The maximum Gasteiger partial charge on any atom is 0.290 e. The number of sulfone groups is 1. The quantitative estimate of drug-likeness (QED) is 0.503. The summed E-state index contributed by atoms with van der Waals surface area (Å²) in [4.78, 5) is 17.4. The molecule has 3 heterocycles. The third-order valence-corrected chi connectivity index (χ3v) is 8.74. The Balaban J connectivity index is 1.46. The van der Waals surface area contributed by atoms with Gasteiger partial charge in [0.05, 0.1) is 11.5 Å². The Labute approximate surface area is 210 Å². The summed E-state index contributed by atoms with van der Waals surface area (Å²) in [6.07, 6.45) is 1.99. The maximum absolute atomic E-state index is 13.6. The van der Waals surface area contributed by atoms with Crippen molar-refractivity contribution in [2.75, 3.05) is 37.7 Å². The predicted molar refractivity (Wildman–Crippen MR) is 137 cm³/mol. The number of carbonyl (C=O) groups excluding carboxylic acids is 1. The summed E-state index contributed by atoms with van der Waals surface area (Å²) < 4.78 is 49.7. The fraction of sp³-hybridized carbons (Fsp3) is 0.444. The molecule has 0 N–H and O–H groups in total. The average molecular weight is 515 g/mol. The van der Waals surface area contributed by atoms with Crippen LogP contribution in [-0.2, 0) is 9.84 Å². The summed E-state index contributed by atoms with van der Waals surface area (Å²) in [7, 11) is -3.14. The molecular formula is C27H31FN2O5S. The van der Waals surface area contributed by atoms with Gasteiger partial charge in [0.2, 0.25) is 5.76 Å². The molecule has 9 heteroatoms. The Morgan fingerprint density at radius 1 is 1.03 bits per heavy atom. The van der Waals surface area contributed by atoms with E-state index in [2.05, 4.69) is 18.7 Å². The van der Waals surface area contributed by atoms with Crippen LogP contribution in [0.15, 0.2) is 46.9 Å². The SMILES string of the molecule is CC(C)N1CCC(Oc2ccc3c(-c4ccc(F)cc4)c(C(=O)N4CCS(=O)(=O)CC4)oc3c2)CC1. The molecule has 1 aromatic heterocycles. The summed E-state index contributed by atoms with van der Waals surface area (Å²) in [5.41, 5.74) is 1.72. The van der Waals surface area contributed by atoms with Gasteiger partial charge in [0, 0.05) is 49.2 Å². The van der Waals surface area contributed by atoms with Crippen molar-refractivity contribution in [2.24, 2.45) is 0 Å². The lowest BCUT2D eigenvalue weighted by Gasteiger charge is -2.34. The number of nitrogens with zero attached hydrogens (tertiary/aromatic N) is 2. The number of hydrogen-bond acceptors (Lipinski definition) is 6. The van der Waals surface area contributed by atoms with Crippen LogP contribution in [-0.4, -0.2) is 74.0 Å². The number of halogens is 1. The zero-order valence-corrected chi connectivity index (χ0v) is 21.4. The Hall–Kier alpha value is -2.91. The van der Waals surface area contributed by atoms with E-state index >= 15 is 0 Å². The van der Waals surface area contributed by atoms with Crippen LogP contribution >= 0.6 is 0 Å². The highest BCUT2D eigenvalue weighted by molar-refractivity contribution is 7.91. The standard InChI is InChI=1S/C27H31FN2O5S/c1-18(2)29-11-9-21(10-12-29)34-22-7-8-23-24(17-22)35-26(25(23)19-3-5-20(28)6-4-19)27(31)30-13-15-36(32,33)16-14-30/h3-8,17-18,21H,9-16H2,1-2H3. The number of piperidine rings is 1. The number of amides is 1. The molecule has 0 atom stereocenters. The Kier molecular flexibility index (Phi) is 6.78. The van der Waals surface area contributed by atoms with Gasteiger partial charge < -0.3 is 19.0 Å². The van der Waals surface area contributed by atoms with Crippen LogP contribution in [0, 0.1) is 5.82 Å². The molecule has 0 radical (unpaired) electrons. The van der Waals surface area contributed by atoms with E-state index in [0.29, 0.717) is 28.5 Å². The Bertz CT molecular complexity index is 1340. The van der Waals surface area contributed by atoms with E-state index in [0.717, 1.165) is 31.3 Å². The van der Waals surface area contributed by atoms with Crippen molar-refractivity contribution in [1.29, 1.82) is 0 Å². The molecule has 2 fully saturated rings. The minimum absolute atomic E-state index is 0.0710. The molecule has 2 aromatic carbocycles. The zero-order chi connectivity index (χ0) is 25.4. The molecule has 0 aliphatic carbocycles. The minimum atomic E-state index is -3.14. The van der Waals surface area contributed by atoms with E-state index in [1.807, 2.05) is 12.1 Å². The van der Waals surface area contributed by atoms with Crippen molar-refractivity contribution >= 4 is 26.7 Å². The normalized spacial score (nSPS) is 19.2. The highest BCUT2D eigenvalue weighted by atomic mass is 32.2. The smallest absolute Gasteiger partial charge is 0.290 e. The second kappa shape index (κ2) is 9.86. The molecule has 0 bridgehead atoms. The summed E-state index contributed by atoms with van der Waals surface area (Å²) in [6, 6.07) is 12.0. The number of benzene rings is 2. The Morgan fingerprint density at radius 3 is 2.33 bits per heavy atom. The molecule has 2 aliphatic heterocycles. The number of fused-ring (bicyclic) bond motifs is 1. The largest absolute Gasteiger partial charge is 0.490 e. The molecule has 5 rings (SSSR count). The van der Waals surface area contributed by atoms with Crippen LogP contribution in [0.3, 0.4) is 0 Å². The van der Waals surface area contributed by atoms with E-state index in [-0.39, 0.29) is 48.2 Å². The van der Waals surface area contributed by atoms with Gasteiger partial charge in [-0.1, -0.05) is 12.1 Å². The molecule has 0 unspecified atom stereocenters. The summed E-state index contributed by atoms with van der Waals surface area (Å²) in [5.74, 6) is -0.0909. The lowest BCUT2D eigenvalue weighted by Crippen LogP contribution is -2.43. The van der Waals surface area contributed by atoms with Crippen molar-refractivity contribution in [3.05, 3.63) is 54.0 Å². The number of hydrogen-bond donors (Lipinski definition) is 0. The number of rotatable bonds is 5. The van der Waals surface area contributed by atoms with Gasteiger partial charge in [-0.3, -0.25) is 4.79 Å². The van der Waals surface area contributed by atoms with Gasteiger partial charge in [-0.05, 0) is 56.5 Å². The summed E-state index contributed by atoms with van der Waals surface area (Å²) >= 11 is 0. The van der Waals surface area contributed by atoms with Gasteiger partial charge >= 0.3 is 0 Å². The number of carbonyl (C=O) groups is 1. The zero-order valence-electron chi connectivity index (χ0n) is 20.6. The molecule has 2 aliphatic rings. The van der Waals surface area contributed by atoms with Gasteiger partial charge in [0.1, 0.15) is 23.3 Å². The maximum atomic E-state index is 13.6. The van der Waals surface area contributed by atoms with Gasteiger partial charge in [-0.2, -0.15) is 0 Å². The van der Waals surface area contributed by atoms with Gasteiger partial charge in [-0.15, -0.1) is 0 Å². The van der Waals surface area contributed by atoms with E-state index in [4.69, 9.17) is 9.15 Å². The van der Waals surface area contributed by atoms with E-state index in [1.165, 1.54) is 17.0 Å². The monoisotopic (exact) mass is 514 g/mol. The molecule has 0 spiro atoms. The first-order chi connectivity index (χ1) is 17.2. The highest BCUT2D eigenvalue weighted by Crippen LogP contribution is 2.38. The topological polar surface area (TPSA) is 80.1 Å². The molecule has 192 valence electrons. The van der Waals surface area contributed by atoms with Crippen molar-refractivity contribution in [3.63, 3.8) is 0 Å². The third-order valence-electron chi connectivity index (χ3n) is 7.13. The summed E-state index contributed by atoms with van der Waals surface area (Å²) in [6.45, 7) is 6.61. The van der Waals surface area contributed by atoms with Crippen LogP contribution in [0.5, 0.6) is 5.75 Å². The molecule has 36 heavy (non-hydrogen) atoms. The first kappa shape index (κ1) is 24.8. The molecule has 2 saturated heterocycles. The predicted octanol–water partition coefficient (Wildman–Crippen LogP) is 4.36. The van der Waals surface area contributed by atoms with Crippen molar-refractivity contribution < 1.29 is 26.8 Å². The minimum Gasteiger partial charge on any atom is -0.490 e. The number of ether oxygens (including phenoxy) is 1. The molecule has 0 saturated carbocycles. The average Bonchev–Trinajstić information content (AvgIpc) is 3.23. The molecular weight excluding hydrogens is 483 g/mol. The van der Waals surface area contributed by atoms with E-state index in [1.54, 1.807) is 18.2 Å². The molecule has 3 aromatic rings. The van der Waals surface area contributed by atoms with Crippen LogP contribution in [0.1, 0.15) is 37.2 Å². The third kappa shape index (κ3) is 5.13. The van der Waals surface area contributed by atoms with Gasteiger partial charge in [0.15, 0.2) is 9.84 Å². The second-order valence-corrected chi connectivity index (χ2v) is 12.2. The molecule has 1 amide bonds. The van der Waals surface area contributed by atoms with E-state index < -0.39 is 9.84 Å². The molecule has 7 nitrogen and oxygen atoms in total. The highest BCUT2D eigenvalue weighted by Gasteiger charge is 2.31. The first-order valence-electron chi connectivity index (χ1n) is 12.4. The van der Waals surface area contributed by atoms with Crippen LogP contribution < -0.4 is 4.74 Å². The van der Waals surface area contributed by atoms with Gasteiger partial charge in [-0.25, -0.2) is 12.8 Å². The van der Waals surface area contributed by atoms with Crippen LogP contribution in [0.25, 0.3) is 22.1 Å². The number of furan rings is 1. The van der Waals surface area contributed by atoms with Crippen molar-refractivity contribution in [3.8, 4) is 16.9 Å². The van der Waals surface area contributed by atoms with Crippen molar-refractivity contribution in [1.82, 2.24) is 9.80 Å².